The molecule has 0 spiro atoms. The molecule has 22 heavy (non-hydrogen) atoms. The van der Waals surface area contributed by atoms with Crippen LogP contribution in [0.5, 0.6) is 5.75 Å². The number of carbonyl (C=O) groups excluding carboxylic acids is 1. The molecule has 0 bridgehead atoms. The molecule has 1 saturated heterocycles. The minimum Gasteiger partial charge on any atom is -0.435 e. The summed E-state index contributed by atoms with van der Waals surface area (Å²) < 4.78 is 28.8. The fourth-order valence-corrected chi connectivity index (χ4v) is 2.71. The number of alkyl halides is 2. The van der Waals surface area contributed by atoms with Crippen LogP contribution < -0.4 is 10.5 Å². The quantitative estimate of drug-likeness (QED) is 0.921. The predicted molar refractivity (Wildman–Crippen MR) is 82.6 cm³/mol. The van der Waals surface area contributed by atoms with E-state index in [2.05, 4.69) is 11.7 Å². The summed E-state index contributed by atoms with van der Waals surface area (Å²) in [5.41, 5.74) is 6.10. The van der Waals surface area contributed by atoms with Crippen molar-refractivity contribution in [1.29, 1.82) is 0 Å². The molecule has 4 nitrogen and oxygen atoms in total. The van der Waals surface area contributed by atoms with Gasteiger partial charge in [-0.15, -0.1) is 12.4 Å². The third-order valence-electron chi connectivity index (χ3n) is 3.82. The summed E-state index contributed by atoms with van der Waals surface area (Å²) in [6.07, 6.45) is 1.80. The van der Waals surface area contributed by atoms with E-state index in [1.807, 2.05) is 0 Å². The molecule has 7 heteroatoms. The van der Waals surface area contributed by atoms with Crippen LogP contribution in [0.15, 0.2) is 24.3 Å². The molecule has 0 radical (unpaired) electrons. The SMILES string of the molecule is CC1CCN(C(=O)c2cccc(OC(F)F)c2)C(CN)C1.Cl. The van der Waals surface area contributed by atoms with Gasteiger partial charge in [0.05, 0.1) is 0 Å². The van der Waals surface area contributed by atoms with E-state index < -0.39 is 6.61 Å². The van der Waals surface area contributed by atoms with Crippen LogP contribution in [0, 0.1) is 5.92 Å². The lowest BCUT2D eigenvalue weighted by Crippen LogP contribution is -2.49. The average molecular weight is 335 g/mol. The minimum absolute atomic E-state index is 0. The number of piperidine rings is 1. The van der Waals surface area contributed by atoms with Gasteiger partial charge in [-0.2, -0.15) is 8.78 Å². The van der Waals surface area contributed by atoms with Crippen molar-refractivity contribution >= 4 is 18.3 Å². The van der Waals surface area contributed by atoms with Crippen LogP contribution in [0.4, 0.5) is 8.78 Å². The van der Waals surface area contributed by atoms with Gasteiger partial charge in [0, 0.05) is 24.7 Å². The molecule has 1 aliphatic heterocycles. The Morgan fingerprint density at radius 1 is 1.50 bits per heavy atom. The van der Waals surface area contributed by atoms with Gasteiger partial charge in [-0.25, -0.2) is 0 Å². The van der Waals surface area contributed by atoms with Gasteiger partial charge < -0.3 is 15.4 Å². The van der Waals surface area contributed by atoms with Crippen molar-refractivity contribution in [3.05, 3.63) is 29.8 Å². The van der Waals surface area contributed by atoms with Crippen molar-refractivity contribution in [3.8, 4) is 5.75 Å². The molecule has 1 aliphatic rings. The number of nitrogens with two attached hydrogens (primary N) is 1. The third kappa shape index (κ3) is 4.55. The maximum absolute atomic E-state index is 12.5. The number of carbonyl (C=O) groups is 1. The highest BCUT2D eigenvalue weighted by Gasteiger charge is 2.29. The number of rotatable bonds is 4. The molecule has 2 rings (SSSR count). The zero-order chi connectivity index (χ0) is 15.4. The van der Waals surface area contributed by atoms with E-state index >= 15 is 0 Å². The standard InChI is InChI=1S/C15H20F2N2O2.ClH/c1-10-5-6-19(12(7-10)9-18)14(20)11-3-2-4-13(8-11)21-15(16)17;/h2-4,8,10,12,15H,5-7,9,18H2,1H3;1H. The Hall–Kier alpha value is -1.40. The molecular formula is C15H21ClF2N2O2. The fourth-order valence-electron chi connectivity index (χ4n) is 2.71. The minimum atomic E-state index is -2.90. The second-order valence-corrected chi connectivity index (χ2v) is 5.42. The first-order valence-electron chi connectivity index (χ1n) is 7.07. The van der Waals surface area contributed by atoms with Crippen LogP contribution in [0.25, 0.3) is 0 Å². The Morgan fingerprint density at radius 3 is 2.86 bits per heavy atom. The van der Waals surface area contributed by atoms with Gasteiger partial charge >= 0.3 is 6.61 Å². The Morgan fingerprint density at radius 2 is 2.23 bits per heavy atom. The van der Waals surface area contributed by atoms with Gasteiger partial charge in [0.1, 0.15) is 5.75 Å². The highest BCUT2D eigenvalue weighted by Crippen LogP contribution is 2.25. The number of halogens is 3. The predicted octanol–water partition coefficient (Wildman–Crippen LogP) is 2.91. The summed E-state index contributed by atoms with van der Waals surface area (Å²) in [7, 11) is 0. The van der Waals surface area contributed by atoms with E-state index in [4.69, 9.17) is 5.73 Å². The molecule has 2 atom stereocenters. The highest BCUT2D eigenvalue weighted by atomic mass is 35.5. The van der Waals surface area contributed by atoms with E-state index in [0.29, 0.717) is 24.6 Å². The van der Waals surface area contributed by atoms with Crippen LogP contribution in [-0.2, 0) is 0 Å². The van der Waals surface area contributed by atoms with Gasteiger partial charge in [0.15, 0.2) is 0 Å². The maximum atomic E-state index is 12.5. The highest BCUT2D eigenvalue weighted by molar-refractivity contribution is 5.94. The zero-order valence-electron chi connectivity index (χ0n) is 12.4. The molecule has 0 saturated carbocycles. The number of benzene rings is 1. The van der Waals surface area contributed by atoms with E-state index in [-0.39, 0.29) is 30.1 Å². The van der Waals surface area contributed by atoms with Crippen LogP contribution in [-0.4, -0.2) is 36.5 Å². The van der Waals surface area contributed by atoms with Crippen LogP contribution in [0.3, 0.4) is 0 Å². The normalized spacial score (nSPS) is 21.4. The molecule has 1 aromatic carbocycles. The van der Waals surface area contributed by atoms with Gasteiger partial charge in [0.2, 0.25) is 0 Å². The lowest BCUT2D eigenvalue weighted by Gasteiger charge is -2.38. The van der Waals surface area contributed by atoms with E-state index in [9.17, 15) is 13.6 Å². The monoisotopic (exact) mass is 334 g/mol. The first kappa shape index (κ1) is 18.6. The number of hydrogen-bond donors (Lipinski definition) is 1. The molecule has 2 unspecified atom stereocenters. The van der Waals surface area contributed by atoms with Crippen LogP contribution in [0.2, 0.25) is 0 Å². The van der Waals surface area contributed by atoms with Gasteiger partial charge in [0.25, 0.3) is 5.91 Å². The number of amides is 1. The summed E-state index contributed by atoms with van der Waals surface area (Å²) >= 11 is 0. The lowest BCUT2D eigenvalue weighted by molar-refractivity contribution is -0.0499. The molecule has 1 aromatic rings. The average Bonchev–Trinajstić information content (AvgIpc) is 2.46. The molecule has 1 fully saturated rings. The molecule has 2 N–H and O–H groups in total. The van der Waals surface area contributed by atoms with Crippen molar-refractivity contribution in [2.24, 2.45) is 11.7 Å². The summed E-state index contributed by atoms with van der Waals surface area (Å²) in [5.74, 6) is 0.346. The van der Waals surface area contributed by atoms with E-state index in [1.165, 1.54) is 18.2 Å². The van der Waals surface area contributed by atoms with E-state index in [1.54, 1.807) is 11.0 Å². The molecule has 1 amide bonds. The molecule has 1 heterocycles. The molecule has 0 aliphatic carbocycles. The van der Waals surface area contributed by atoms with Crippen molar-refractivity contribution in [1.82, 2.24) is 4.90 Å². The summed E-state index contributed by atoms with van der Waals surface area (Å²) in [5, 5.41) is 0. The van der Waals surface area contributed by atoms with E-state index in [0.717, 1.165) is 12.8 Å². The lowest BCUT2D eigenvalue weighted by atomic mass is 9.92. The maximum Gasteiger partial charge on any atom is 0.387 e. The zero-order valence-corrected chi connectivity index (χ0v) is 13.2. The van der Waals surface area contributed by atoms with Gasteiger partial charge in [-0.3, -0.25) is 4.79 Å². The van der Waals surface area contributed by atoms with Crippen molar-refractivity contribution in [2.75, 3.05) is 13.1 Å². The largest absolute Gasteiger partial charge is 0.435 e. The Balaban J connectivity index is 0.00000242. The molecular weight excluding hydrogens is 314 g/mol. The fraction of sp³-hybridized carbons (Fsp3) is 0.533. The van der Waals surface area contributed by atoms with Gasteiger partial charge in [-0.1, -0.05) is 13.0 Å². The number of hydrogen-bond acceptors (Lipinski definition) is 3. The second kappa shape index (κ2) is 8.29. The third-order valence-corrected chi connectivity index (χ3v) is 3.82. The second-order valence-electron chi connectivity index (χ2n) is 5.42. The molecule has 124 valence electrons. The summed E-state index contributed by atoms with van der Waals surface area (Å²) in [6, 6.07) is 5.89. The van der Waals surface area contributed by atoms with Crippen LogP contribution >= 0.6 is 12.4 Å². The number of nitrogens with zero attached hydrogens (tertiary/aromatic N) is 1. The Kier molecular flexibility index (Phi) is 7.03. The summed E-state index contributed by atoms with van der Waals surface area (Å²) in [6.45, 7) is 0.287. The van der Waals surface area contributed by atoms with Gasteiger partial charge in [-0.05, 0) is 37.0 Å². The number of likely N-dealkylation sites (tertiary alicyclic amines) is 1. The smallest absolute Gasteiger partial charge is 0.387 e. The van der Waals surface area contributed by atoms with Crippen molar-refractivity contribution in [3.63, 3.8) is 0 Å². The Bertz CT molecular complexity index is 502. The molecule has 0 aromatic heterocycles. The summed E-state index contributed by atoms with van der Waals surface area (Å²) in [4.78, 5) is 14.3. The van der Waals surface area contributed by atoms with Crippen LogP contribution in [0.1, 0.15) is 30.1 Å². The first-order chi connectivity index (χ1) is 10.0. The first-order valence-corrected chi connectivity index (χ1v) is 7.07. The van der Waals surface area contributed by atoms with Crippen molar-refractivity contribution in [2.45, 2.75) is 32.4 Å². The Labute approximate surface area is 135 Å². The topological polar surface area (TPSA) is 55.6 Å². The number of ether oxygens (including phenoxy) is 1. The van der Waals surface area contributed by atoms with Crippen molar-refractivity contribution < 1.29 is 18.3 Å².